The Bertz CT molecular complexity index is 1080. The zero-order chi connectivity index (χ0) is 21.6. The van der Waals surface area contributed by atoms with Crippen LogP contribution in [0, 0.1) is 0 Å². The van der Waals surface area contributed by atoms with Crippen LogP contribution in [0.15, 0.2) is 42.5 Å². The van der Waals surface area contributed by atoms with Gasteiger partial charge in [-0.1, -0.05) is 18.2 Å². The summed E-state index contributed by atoms with van der Waals surface area (Å²) in [4.78, 5) is 11.7. The number of fused-ring (bicyclic) bond motifs is 1. The lowest BCUT2D eigenvalue weighted by molar-refractivity contribution is -0.274. The van der Waals surface area contributed by atoms with E-state index in [0.717, 1.165) is 31.4 Å². The van der Waals surface area contributed by atoms with Crippen molar-refractivity contribution in [3.8, 4) is 16.9 Å². The number of benzene rings is 2. The first kappa shape index (κ1) is 20.4. The van der Waals surface area contributed by atoms with Gasteiger partial charge < -0.3 is 14.7 Å². The van der Waals surface area contributed by atoms with Crippen LogP contribution in [0.2, 0.25) is 0 Å². The molecule has 0 radical (unpaired) electrons. The maximum absolute atomic E-state index is 13.6. The van der Waals surface area contributed by atoms with Crippen LogP contribution < -0.4 is 4.74 Å². The molecule has 29 heavy (non-hydrogen) atoms. The maximum Gasteiger partial charge on any atom is 0.573 e. The lowest BCUT2D eigenvalue weighted by Crippen LogP contribution is -2.17. The number of esters is 1. The molecule has 0 bridgehead atoms. The third kappa shape index (κ3) is 3.93. The van der Waals surface area contributed by atoms with Crippen LogP contribution in [0.5, 0.6) is 5.75 Å². The van der Waals surface area contributed by atoms with Crippen LogP contribution in [-0.4, -0.2) is 29.4 Å². The molecule has 0 fully saturated rings. The molecule has 0 aliphatic carbocycles. The molecule has 0 spiro atoms. The first-order valence-corrected chi connectivity index (χ1v) is 7.82. The summed E-state index contributed by atoms with van der Waals surface area (Å²) in [5.74, 6) is -1.82. The standard InChI is InChI=1S/C18H11F6NO4/c1-28-16(26)14-8-11-12(17(19,20)21)6-9(7-13(11)25(14)27)10-4-2-3-5-15(10)29-18(22,23)24/h2-8,27H,1H3. The van der Waals surface area contributed by atoms with Crippen molar-refractivity contribution in [2.45, 2.75) is 12.5 Å². The van der Waals surface area contributed by atoms with E-state index in [2.05, 4.69) is 9.47 Å². The second-order valence-corrected chi connectivity index (χ2v) is 5.83. The highest BCUT2D eigenvalue weighted by Crippen LogP contribution is 2.41. The Morgan fingerprint density at radius 3 is 2.28 bits per heavy atom. The number of carbonyl (C=O) groups is 1. The van der Waals surface area contributed by atoms with Gasteiger partial charge >= 0.3 is 18.5 Å². The normalized spacial score (nSPS) is 12.2. The van der Waals surface area contributed by atoms with Crippen LogP contribution in [0.3, 0.4) is 0 Å². The van der Waals surface area contributed by atoms with E-state index in [0.29, 0.717) is 6.07 Å². The molecule has 0 aliphatic heterocycles. The molecule has 2 aromatic carbocycles. The van der Waals surface area contributed by atoms with Gasteiger partial charge in [0.25, 0.3) is 0 Å². The smallest absolute Gasteiger partial charge is 0.464 e. The number of alkyl halides is 6. The Labute approximate surface area is 158 Å². The summed E-state index contributed by atoms with van der Waals surface area (Å²) in [5.41, 5.74) is -2.89. The molecule has 3 rings (SSSR count). The van der Waals surface area contributed by atoms with E-state index in [1.165, 1.54) is 12.1 Å². The molecular formula is C18H11F6NO4. The minimum absolute atomic E-state index is 0.188. The van der Waals surface area contributed by atoms with Crippen molar-refractivity contribution in [1.82, 2.24) is 4.73 Å². The molecule has 154 valence electrons. The molecule has 1 aromatic heterocycles. The number of aromatic nitrogens is 1. The molecule has 0 amide bonds. The van der Waals surface area contributed by atoms with E-state index >= 15 is 0 Å². The number of methoxy groups -OCH3 is 1. The minimum atomic E-state index is -5.07. The fraction of sp³-hybridized carbons (Fsp3) is 0.167. The summed E-state index contributed by atoms with van der Waals surface area (Å²) >= 11 is 0. The lowest BCUT2D eigenvalue weighted by Gasteiger charge is -2.15. The second kappa shape index (κ2) is 6.90. The minimum Gasteiger partial charge on any atom is -0.464 e. The van der Waals surface area contributed by atoms with Crippen LogP contribution in [0.4, 0.5) is 26.3 Å². The average Bonchev–Trinajstić information content (AvgIpc) is 2.95. The Balaban J connectivity index is 2.31. The van der Waals surface area contributed by atoms with Crippen LogP contribution in [0.25, 0.3) is 22.0 Å². The summed E-state index contributed by atoms with van der Waals surface area (Å²) in [5, 5.41) is 9.62. The molecule has 0 unspecified atom stereocenters. The van der Waals surface area contributed by atoms with Crippen molar-refractivity contribution in [2.75, 3.05) is 7.11 Å². The maximum atomic E-state index is 13.6. The average molecular weight is 419 g/mol. The summed E-state index contributed by atoms with van der Waals surface area (Å²) in [6.07, 6.45) is -9.99. The van der Waals surface area contributed by atoms with Crippen molar-refractivity contribution in [3.05, 3.63) is 53.7 Å². The number of nitrogens with zero attached hydrogens (tertiary/aromatic N) is 1. The van der Waals surface area contributed by atoms with Crippen LogP contribution >= 0.6 is 0 Å². The predicted molar refractivity (Wildman–Crippen MR) is 87.6 cm³/mol. The number of ether oxygens (including phenoxy) is 2. The Morgan fingerprint density at radius 1 is 1.03 bits per heavy atom. The third-order valence-electron chi connectivity index (χ3n) is 4.02. The summed E-state index contributed by atoms with van der Waals surface area (Å²) in [7, 11) is 0.973. The van der Waals surface area contributed by atoms with Crippen molar-refractivity contribution >= 4 is 16.9 Å². The van der Waals surface area contributed by atoms with Gasteiger partial charge in [0.15, 0.2) is 5.69 Å². The van der Waals surface area contributed by atoms with Gasteiger partial charge in [-0.2, -0.15) is 17.9 Å². The van der Waals surface area contributed by atoms with Crippen LogP contribution in [-0.2, 0) is 10.9 Å². The molecule has 1 heterocycles. The highest BCUT2D eigenvalue weighted by molar-refractivity contribution is 5.98. The van der Waals surface area contributed by atoms with Crippen LogP contribution in [0.1, 0.15) is 16.1 Å². The quantitative estimate of drug-likeness (QED) is 0.358. The zero-order valence-corrected chi connectivity index (χ0v) is 14.4. The lowest BCUT2D eigenvalue weighted by atomic mass is 9.99. The second-order valence-electron chi connectivity index (χ2n) is 5.83. The Morgan fingerprint density at radius 2 is 1.69 bits per heavy atom. The fourth-order valence-electron chi connectivity index (χ4n) is 2.85. The predicted octanol–water partition coefficient (Wildman–Crippen LogP) is 5.25. The molecule has 11 heteroatoms. The fourth-order valence-corrected chi connectivity index (χ4v) is 2.85. The van der Waals surface area contributed by atoms with Gasteiger partial charge in [0.1, 0.15) is 5.75 Å². The van der Waals surface area contributed by atoms with Gasteiger partial charge in [-0.25, -0.2) is 4.79 Å². The van der Waals surface area contributed by atoms with E-state index in [9.17, 15) is 36.3 Å². The van der Waals surface area contributed by atoms with Gasteiger partial charge in [0.05, 0.1) is 18.2 Å². The molecule has 0 saturated carbocycles. The zero-order valence-electron chi connectivity index (χ0n) is 14.4. The molecular weight excluding hydrogens is 408 g/mol. The largest absolute Gasteiger partial charge is 0.573 e. The summed E-state index contributed by atoms with van der Waals surface area (Å²) < 4.78 is 87.2. The summed E-state index contributed by atoms with van der Waals surface area (Å²) in [6.45, 7) is 0. The molecule has 1 N–H and O–H groups in total. The first-order chi connectivity index (χ1) is 13.4. The van der Waals surface area contributed by atoms with E-state index in [1.807, 2.05) is 0 Å². The van der Waals surface area contributed by atoms with E-state index in [1.54, 1.807) is 0 Å². The summed E-state index contributed by atoms with van der Waals surface area (Å²) in [6, 6.07) is 7.02. The Kier molecular flexibility index (Phi) is 4.85. The van der Waals surface area contributed by atoms with Gasteiger partial charge in [-0.3, -0.25) is 0 Å². The monoisotopic (exact) mass is 419 g/mol. The number of hydrogen-bond acceptors (Lipinski definition) is 4. The molecule has 5 nitrogen and oxygen atoms in total. The molecule has 0 saturated heterocycles. The first-order valence-electron chi connectivity index (χ1n) is 7.82. The Hall–Kier alpha value is -3.37. The third-order valence-corrected chi connectivity index (χ3v) is 4.02. The van der Waals surface area contributed by atoms with Gasteiger partial charge in [0.2, 0.25) is 0 Å². The van der Waals surface area contributed by atoms with Gasteiger partial charge in [-0.05, 0) is 29.8 Å². The van der Waals surface area contributed by atoms with Crippen molar-refractivity contribution in [1.29, 1.82) is 0 Å². The van der Waals surface area contributed by atoms with E-state index in [4.69, 9.17) is 0 Å². The van der Waals surface area contributed by atoms with Crippen molar-refractivity contribution in [2.24, 2.45) is 0 Å². The number of carbonyl (C=O) groups excluding carboxylic acids is 1. The topological polar surface area (TPSA) is 60.7 Å². The number of rotatable bonds is 3. The molecule has 0 atom stereocenters. The number of halogens is 6. The van der Waals surface area contributed by atoms with Crippen molar-refractivity contribution < 1.29 is 45.8 Å². The van der Waals surface area contributed by atoms with Gasteiger partial charge in [0, 0.05) is 10.9 Å². The SMILES string of the molecule is COC(=O)c1cc2c(C(F)(F)F)cc(-c3ccccc3OC(F)(F)F)cc2n1O. The molecule has 0 aliphatic rings. The van der Waals surface area contributed by atoms with Crippen molar-refractivity contribution in [3.63, 3.8) is 0 Å². The van der Waals surface area contributed by atoms with E-state index < -0.39 is 46.4 Å². The van der Waals surface area contributed by atoms with Gasteiger partial charge in [-0.15, -0.1) is 13.2 Å². The number of hydrogen-bond donors (Lipinski definition) is 1. The highest BCUT2D eigenvalue weighted by Gasteiger charge is 2.36. The number of para-hydroxylation sites is 1. The highest BCUT2D eigenvalue weighted by atomic mass is 19.4. The molecule has 3 aromatic rings. The van der Waals surface area contributed by atoms with E-state index in [-0.39, 0.29) is 15.9 Å².